The number of nitrogen functional groups attached to an aromatic ring is 1. The fourth-order valence-electron chi connectivity index (χ4n) is 1.80. The summed E-state index contributed by atoms with van der Waals surface area (Å²) in [5, 5.41) is 6.77. The zero-order valence-electron chi connectivity index (χ0n) is 9.56. The maximum absolute atomic E-state index is 6.03. The number of anilines is 1. The minimum absolute atomic E-state index is 0.364. The maximum Gasteiger partial charge on any atom is 0.177 e. The van der Waals surface area contributed by atoms with Crippen molar-refractivity contribution in [3.8, 4) is 21.8 Å². The average molecular weight is 311 g/mol. The van der Waals surface area contributed by atoms with Gasteiger partial charge in [-0.2, -0.15) is 0 Å². The number of hydrogen-bond donors (Lipinski definition) is 1. The van der Waals surface area contributed by atoms with Crippen LogP contribution in [0.5, 0.6) is 0 Å². The van der Waals surface area contributed by atoms with Crippen molar-refractivity contribution in [2.24, 2.45) is 0 Å². The van der Waals surface area contributed by atoms with Gasteiger partial charge in [-0.15, -0.1) is 11.3 Å². The number of halogens is 2. The molecule has 0 radical (unpaired) electrons. The van der Waals surface area contributed by atoms with Gasteiger partial charge in [0.2, 0.25) is 0 Å². The molecule has 3 rings (SSSR count). The molecule has 1 aromatic carbocycles. The first-order valence-electron chi connectivity index (χ1n) is 5.41. The summed E-state index contributed by atoms with van der Waals surface area (Å²) in [5.41, 5.74) is 7.46. The molecule has 0 atom stereocenters. The summed E-state index contributed by atoms with van der Waals surface area (Å²) in [7, 11) is 0. The Balaban J connectivity index is 2.18. The van der Waals surface area contributed by atoms with Crippen molar-refractivity contribution in [1.82, 2.24) is 5.16 Å². The van der Waals surface area contributed by atoms with Crippen molar-refractivity contribution in [2.45, 2.75) is 0 Å². The highest BCUT2D eigenvalue weighted by Crippen LogP contribution is 2.40. The molecule has 0 aliphatic rings. The molecule has 0 saturated carbocycles. The molecule has 0 bridgehead atoms. The fourth-order valence-corrected chi connectivity index (χ4v) is 2.87. The van der Waals surface area contributed by atoms with E-state index in [4.69, 9.17) is 33.5 Å². The lowest BCUT2D eigenvalue weighted by Gasteiger charge is -2.02. The predicted molar refractivity (Wildman–Crippen MR) is 79.7 cm³/mol. The van der Waals surface area contributed by atoms with Crippen molar-refractivity contribution in [1.29, 1.82) is 0 Å². The fraction of sp³-hybridized carbons (Fsp3) is 0. The second-order valence-corrected chi connectivity index (χ2v) is 5.64. The van der Waals surface area contributed by atoms with Gasteiger partial charge in [0.05, 0.1) is 15.6 Å². The first-order valence-corrected chi connectivity index (χ1v) is 7.05. The average Bonchev–Trinajstić information content (AvgIpc) is 3.01. The Morgan fingerprint density at radius 2 is 2.00 bits per heavy atom. The van der Waals surface area contributed by atoms with E-state index >= 15 is 0 Å². The molecular weight excluding hydrogens is 303 g/mol. The van der Waals surface area contributed by atoms with Crippen LogP contribution in [0.25, 0.3) is 21.8 Å². The van der Waals surface area contributed by atoms with Gasteiger partial charge in [-0.25, -0.2) is 0 Å². The summed E-state index contributed by atoms with van der Waals surface area (Å²) >= 11 is 13.5. The topological polar surface area (TPSA) is 52.0 Å². The number of thiophene rings is 1. The van der Waals surface area contributed by atoms with Gasteiger partial charge >= 0.3 is 0 Å². The predicted octanol–water partition coefficient (Wildman–Crippen LogP) is 4.96. The van der Waals surface area contributed by atoms with E-state index in [1.165, 1.54) is 0 Å². The first-order chi connectivity index (χ1) is 9.16. The Labute approximate surface area is 123 Å². The Morgan fingerprint density at radius 3 is 2.68 bits per heavy atom. The normalized spacial score (nSPS) is 10.8. The summed E-state index contributed by atoms with van der Waals surface area (Å²) < 4.78 is 5.33. The number of aromatic nitrogens is 1. The lowest BCUT2D eigenvalue weighted by Crippen LogP contribution is -1.87. The van der Waals surface area contributed by atoms with Gasteiger partial charge < -0.3 is 10.3 Å². The number of rotatable bonds is 2. The zero-order valence-corrected chi connectivity index (χ0v) is 11.9. The third-order valence-electron chi connectivity index (χ3n) is 2.67. The van der Waals surface area contributed by atoms with E-state index in [1.54, 1.807) is 23.5 Å². The molecule has 0 amide bonds. The van der Waals surface area contributed by atoms with Gasteiger partial charge in [0, 0.05) is 10.4 Å². The number of nitrogens with two attached hydrogens (primary N) is 1. The van der Waals surface area contributed by atoms with Crippen LogP contribution in [0.1, 0.15) is 0 Å². The van der Waals surface area contributed by atoms with E-state index in [-0.39, 0.29) is 0 Å². The standard InChI is InChI=1S/C13H8Cl2N2OS/c14-8-4-3-7(6-9(8)15)12-11(13(16)17-18-12)10-2-1-5-19-10/h1-6H,(H2,16,17). The molecule has 0 spiro atoms. The summed E-state index contributed by atoms with van der Waals surface area (Å²) in [5.74, 6) is 0.960. The van der Waals surface area contributed by atoms with E-state index in [9.17, 15) is 0 Å². The highest BCUT2D eigenvalue weighted by molar-refractivity contribution is 7.13. The van der Waals surface area contributed by atoms with E-state index in [1.807, 2.05) is 23.6 Å². The van der Waals surface area contributed by atoms with E-state index in [0.717, 1.165) is 16.0 Å². The second-order valence-electron chi connectivity index (χ2n) is 3.88. The van der Waals surface area contributed by atoms with Crippen LogP contribution in [0.2, 0.25) is 10.0 Å². The van der Waals surface area contributed by atoms with Gasteiger partial charge in [-0.3, -0.25) is 0 Å². The molecular formula is C13H8Cl2N2OS. The van der Waals surface area contributed by atoms with Crippen LogP contribution in [0, 0.1) is 0 Å². The van der Waals surface area contributed by atoms with Crippen molar-refractivity contribution < 1.29 is 4.52 Å². The molecule has 2 heterocycles. The van der Waals surface area contributed by atoms with Crippen LogP contribution in [-0.4, -0.2) is 5.16 Å². The molecule has 3 nitrogen and oxygen atoms in total. The molecule has 2 N–H and O–H groups in total. The van der Waals surface area contributed by atoms with E-state index in [0.29, 0.717) is 21.6 Å². The summed E-state index contributed by atoms with van der Waals surface area (Å²) in [6.45, 7) is 0. The lowest BCUT2D eigenvalue weighted by atomic mass is 10.1. The third kappa shape index (κ3) is 2.23. The van der Waals surface area contributed by atoms with Crippen molar-refractivity contribution in [2.75, 3.05) is 5.73 Å². The SMILES string of the molecule is Nc1noc(-c2ccc(Cl)c(Cl)c2)c1-c1cccs1. The monoisotopic (exact) mass is 310 g/mol. The smallest absolute Gasteiger partial charge is 0.177 e. The lowest BCUT2D eigenvalue weighted by molar-refractivity contribution is 0.436. The Morgan fingerprint density at radius 1 is 1.16 bits per heavy atom. The molecule has 19 heavy (non-hydrogen) atoms. The summed E-state index contributed by atoms with van der Waals surface area (Å²) in [4.78, 5) is 1.000. The van der Waals surface area contributed by atoms with Crippen molar-refractivity contribution in [3.63, 3.8) is 0 Å². The quantitative estimate of drug-likeness (QED) is 0.728. The molecule has 0 fully saturated rings. The number of benzene rings is 1. The summed E-state index contributed by atoms with van der Waals surface area (Å²) in [6, 6.07) is 9.20. The van der Waals surface area contributed by atoms with E-state index in [2.05, 4.69) is 5.16 Å². The Hall–Kier alpha value is -1.49. The molecule has 2 aromatic heterocycles. The third-order valence-corrected chi connectivity index (χ3v) is 4.29. The van der Waals surface area contributed by atoms with Crippen LogP contribution in [0.4, 0.5) is 5.82 Å². The van der Waals surface area contributed by atoms with E-state index < -0.39 is 0 Å². The molecule has 0 unspecified atom stereocenters. The van der Waals surface area contributed by atoms with Crippen LogP contribution in [0.15, 0.2) is 40.2 Å². The zero-order chi connectivity index (χ0) is 13.4. The van der Waals surface area contributed by atoms with Crippen LogP contribution >= 0.6 is 34.5 Å². The summed E-state index contributed by atoms with van der Waals surface area (Å²) in [6.07, 6.45) is 0. The first kappa shape index (κ1) is 12.5. The van der Waals surface area contributed by atoms with Crippen LogP contribution in [-0.2, 0) is 0 Å². The number of nitrogens with zero attached hydrogens (tertiary/aromatic N) is 1. The van der Waals surface area contributed by atoms with Gasteiger partial charge in [-0.05, 0) is 29.6 Å². The van der Waals surface area contributed by atoms with Gasteiger partial charge in [0.25, 0.3) is 0 Å². The Kier molecular flexibility index (Phi) is 3.22. The van der Waals surface area contributed by atoms with Crippen molar-refractivity contribution in [3.05, 3.63) is 45.8 Å². The highest BCUT2D eigenvalue weighted by Gasteiger charge is 2.18. The Bertz CT molecular complexity index is 722. The molecule has 0 aliphatic heterocycles. The van der Waals surface area contributed by atoms with Gasteiger partial charge in [0.1, 0.15) is 0 Å². The highest BCUT2D eigenvalue weighted by atomic mass is 35.5. The molecule has 0 aliphatic carbocycles. The largest absolute Gasteiger partial charge is 0.380 e. The van der Waals surface area contributed by atoms with Crippen molar-refractivity contribution >= 4 is 40.4 Å². The van der Waals surface area contributed by atoms with Gasteiger partial charge in [0.15, 0.2) is 11.6 Å². The van der Waals surface area contributed by atoms with Gasteiger partial charge in [-0.1, -0.05) is 34.4 Å². The number of hydrogen-bond acceptors (Lipinski definition) is 4. The van der Waals surface area contributed by atoms with Crippen LogP contribution in [0.3, 0.4) is 0 Å². The molecule has 3 aromatic rings. The minimum atomic E-state index is 0.364. The maximum atomic E-state index is 6.03. The molecule has 0 saturated heterocycles. The minimum Gasteiger partial charge on any atom is -0.380 e. The van der Waals surface area contributed by atoms with Crippen LogP contribution < -0.4 is 5.73 Å². The second kappa shape index (κ2) is 4.89. The molecule has 6 heteroatoms. The molecule has 96 valence electrons.